The highest BCUT2D eigenvalue weighted by Crippen LogP contribution is 2.16. The van der Waals surface area contributed by atoms with Gasteiger partial charge in [-0.2, -0.15) is 0 Å². The summed E-state index contributed by atoms with van der Waals surface area (Å²) in [5.74, 6) is 0.585. The predicted molar refractivity (Wildman–Crippen MR) is 58.0 cm³/mol. The van der Waals surface area contributed by atoms with Gasteiger partial charge in [0, 0.05) is 31.8 Å². The SMILES string of the molecule is COCCC(C)Cc1cnccc1N. The van der Waals surface area contributed by atoms with Gasteiger partial charge in [0.05, 0.1) is 0 Å². The van der Waals surface area contributed by atoms with Crippen LogP contribution < -0.4 is 5.73 Å². The quantitative estimate of drug-likeness (QED) is 0.778. The van der Waals surface area contributed by atoms with Crippen LogP contribution in [-0.2, 0) is 11.2 Å². The minimum atomic E-state index is 0.585. The zero-order chi connectivity index (χ0) is 10.4. The molecule has 3 nitrogen and oxygen atoms in total. The van der Waals surface area contributed by atoms with Crippen molar-refractivity contribution >= 4 is 5.69 Å². The molecule has 0 amide bonds. The molecule has 14 heavy (non-hydrogen) atoms. The Kier molecular flexibility index (Phi) is 4.40. The maximum Gasteiger partial charge on any atom is 0.0464 e. The number of nitrogens with zero attached hydrogens (tertiary/aromatic N) is 1. The van der Waals surface area contributed by atoms with Gasteiger partial charge in [-0.25, -0.2) is 0 Å². The summed E-state index contributed by atoms with van der Waals surface area (Å²) in [5, 5.41) is 0. The second kappa shape index (κ2) is 5.60. The van der Waals surface area contributed by atoms with E-state index in [1.54, 1.807) is 13.3 Å². The highest BCUT2D eigenvalue weighted by atomic mass is 16.5. The Hall–Kier alpha value is -1.09. The summed E-state index contributed by atoms with van der Waals surface area (Å²) < 4.78 is 5.03. The van der Waals surface area contributed by atoms with Crippen molar-refractivity contribution in [2.75, 3.05) is 19.5 Å². The van der Waals surface area contributed by atoms with E-state index in [-0.39, 0.29) is 0 Å². The molecule has 0 saturated heterocycles. The molecule has 3 heteroatoms. The highest BCUT2D eigenvalue weighted by Gasteiger charge is 2.05. The minimum Gasteiger partial charge on any atom is -0.398 e. The number of aromatic nitrogens is 1. The summed E-state index contributed by atoms with van der Waals surface area (Å²) in [7, 11) is 1.73. The first kappa shape index (κ1) is 11.0. The van der Waals surface area contributed by atoms with E-state index in [1.165, 1.54) is 0 Å². The Balaban J connectivity index is 2.47. The minimum absolute atomic E-state index is 0.585. The Labute approximate surface area is 85.3 Å². The van der Waals surface area contributed by atoms with Crippen molar-refractivity contribution < 1.29 is 4.74 Å². The first-order valence-corrected chi connectivity index (χ1v) is 4.91. The summed E-state index contributed by atoms with van der Waals surface area (Å²) >= 11 is 0. The van der Waals surface area contributed by atoms with Crippen molar-refractivity contribution in [3.05, 3.63) is 24.0 Å². The fraction of sp³-hybridized carbons (Fsp3) is 0.545. The van der Waals surface area contributed by atoms with Gasteiger partial charge in [0.1, 0.15) is 0 Å². The van der Waals surface area contributed by atoms with Crippen LogP contribution in [0, 0.1) is 5.92 Å². The third-order valence-corrected chi connectivity index (χ3v) is 2.32. The summed E-state index contributed by atoms with van der Waals surface area (Å²) in [6, 6.07) is 1.85. The van der Waals surface area contributed by atoms with E-state index >= 15 is 0 Å². The smallest absolute Gasteiger partial charge is 0.0464 e. The van der Waals surface area contributed by atoms with E-state index in [9.17, 15) is 0 Å². The number of anilines is 1. The molecule has 1 aromatic heterocycles. The van der Waals surface area contributed by atoms with Gasteiger partial charge >= 0.3 is 0 Å². The topological polar surface area (TPSA) is 48.1 Å². The average Bonchev–Trinajstić information content (AvgIpc) is 2.18. The van der Waals surface area contributed by atoms with Crippen molar-refractivity contribution in [2.45, 2.75) is 19.8 Å². The van der Waals surface area contributed by atoms with Crippen LogP contribution in [-0.4, -0.2) is 18.7 Å². The molecule has 0 fully saturated rings. The number of hydrogen-bond donors (Lipinski definition) is 1. The van der Waals surface area contributed by atoms with Gasteiger partial charge in [0.2, 0.25) is 0 Å². The number of ether oxygens (including phenoxy) is 1. The molecule has 1 atom stereocenters. The number of pyridine rings is 1. The number of nitrogens with two attached hydrogens (primary N) is 1. The monoisotopic (exact) mass is 194 g/mol. The van der Waals surface area contributed by atoms with Crippen LogP contribution in [0.3, 0.4) is 0 Å². The number of methoxy groups -OCH3 is 1. The average molecular weight is 194 g/mol. The van der Waals surface area contributed by atoms with E-state index in [1.807, 2.05) is 12.3 Å². The predicted octanol–water partition coefficient (Wildman–Crippen LogP) is 1.88. The van der Waals surface area contributed by atoms with Crippen LogP contribution in [0.2, 0.25) is 0 Å². The van der Waals surface area contributed by atoms with Crippen LogP contribution >= 0.6 is 0 Å². The molecule has 0 aliphatic heterocycles. The molecule has 0 aromatic carbocycles. The molecule has 1 rings (SSSR count). The zero-order valence-electron chi connectivity index (χ0n) is 8.86. The van der Waals surface area contributed by atoms with Crippen LogP contribution in [0.25, 0.3) is 0 Å². The van der Waals surface area contributed by atoms with Gasteiger partial charge in [0.25, 0.3) is 0 Å². The molecule has 0 bridgehead atoms. The molecule has 0 aliphatic carbocycles. The third kappa shape index (κ3) is 3.34. The molecule has 1 unspecified atom stereocenters. The normalized spacial score (nSPS) is 12.7. The van der Waals surface area contributed by atoms with Gasteiger partial charge in [-0.15, -0.1) is 0 Å². The first-order chi connectivity index (χ1) is 6.74. The summed E-state index contributed by atoms with van der Waals surface area (Å²) in [6.07, 6.45) is 5.60. The summed E-state index contributed by atoms with van der Waals surface area (Å²) in [6.45, 7) is 3.01. The lowest BCUT2D eigenvalue weighted by atomic mass is 9.99. The van der Waals surface area contributed by atoms with Gasteiger partial charge in [-0.05, 0) is 30.4 Å². The van der Waals surface area contributed by atoms with Crippen molar-refractivity contribution in [3.8, 4) is 0 Å². The van der Waals surface area contributed by atoms with Crippen molar-refractivity contribution in [1.82, 2.24) is 4.98 Å². The van der Waals surface area contributed by atoms with E-state index in [4.69, 9.17) is 10.5 Å². The van der Waals surface area contributed by atoms with Crippen molar-refractivity contribution in [2.24, 2.45) is 5.92 Å². The first-order valence-electron chi connectivity index (χ1n) is 4.91. The molecule has 0 saturated carbocycles. The van der Waals surface area contributed by atoms with Gasteiger partial charge < -0.3 is 10.5 Å². The van der Waals surface area contributed by atoms with Crippen LogP contribution in [0.15, 0.2) is 18.5 Å². The lowest BCUT2D eigenvalue weighted by Gasteiger charge is -2.11. The fourth-order valence-electron chi connectivity index (χ4n) is 1.40. The van der Waals surface area contributed by atoms with E-state index in [0.29, 0.717) is 5.92 Å². The van der Waals surface area contributed by atoms with Gasteiger partial charge in [-0.3, -0.25) is 4.98 Å². The molecular weight excluding hydrogens is 176 g/mol. The molecule has 1 aromatic rings. The lowest BCUT2D eigenvalue weighted by Crippen LogP contribution is -2.06. The Morgan fingerprint density at radius 2 is 2.36 bits per heavy atom. The standard InChI is InChI=1S/C11H18N2O/c1-9(4-6-14-2)7-10-8-13-5-3-11(10)12/h3,5,8-9H,4,6-7H2,1-2H3,(H2,12,13). The Morgan fingerprint density at radius 3 is 3.00 bits per heavy atom. The van der Waals surface area contributed by atoms with Crippen LogP contribution in [0.4, 0.5) is 5.69 Å². The Morgan fingerprint density at radius 1 is 1.57 bits per heavy atom. The highest BCUT2D eigenvalue weighted by molar-refractivity contribution is 5.44. The third-order valence-electron chi connectivity index (χ3n) is 2.32. The largest absolute Gasteiger partial charge is 0.398 e. The van der Waals surface area contributed by atoms with Gasteiger partial charge in [0.15, 0.2) is 0 Å². The molecule has 1 heterocycles. The lowest BCUT2D eigenvalue weighted by molar-refractivity contribution is 0.180. The van der Waals surface area contributed by atoms with Crippen molar-refractivity contribution in [1.29, 1.82) is 0 Å². The second-order valence-electron chi connectivity index (χ2n) is 3.67. The van der Waals surface area contributed by atoms with E-state index < -0.39 is 0 Å². The molecule has 0 aliphatic rings. The summed E-state index contributed by atoms with van der Waals surface area (Å²) in [5.41, 5.74) is 7.80. The molecule has 78 valence electrons. The van der Waals surface area contributed by atoms with Gasteiger partial charge in [-0.1, -0.05) is 6.92 Å². The van der Waals surface area contributed by atoms with E-state index in [2.05, 4.69) is 11.9 Å². The van der Waals surface area contributed by atoms with Crippen LogP contribution in [0.1, 0.15) is 18.9 Å². The number of hydrogen-bond acceptors (Lipinski definition) is 3. The molecule has 0 spiro atoms. The second-order valence-corrected chi connectivity index (χ2v) is 3.67. The summed E-state index contributed by atoms with van der Waals surface area (Å²) in [4.78, 5) is 4.07. The maximum atomic E-state index is 5.83. The number of rotatable bonds is 5. The van der Waals surface area contributed by atoms with Crippen molar-refractivity contribution in [3.63, 3.8) is 0 Å². The molecule has 2 N–H and O–H groups in total. The fourth-order valence-corrected chi connectivity index (χ4v) is 1.40. The van der Waals surface area contributed by atoms with E-state index in [0.717, 1.165) is 30.7 Å². The maximum absolute atomic E-state index is 5.83. The zero-order valence-corrected chi connectivity index (χ0v) is 8.86. The molecule has 0 radical (unpaired) electrons. The molecular formula is C11H18N2O. The number of nitrogen functional groups attached to an aromatic ring is 1. The van der Waals surface area contributed by atoms with Crippen LogP contribution in [0.5, 0.6) is 0 Å². The Bertz CT molecular complexity index is 276.